The molecule has 13 heteroatoms. The molecule has 7 rings (SSSR count). The van der Waals surface area contributed by atoms with E-state index in [9.17, 15) is 9.90 Å². The number of benzene rings is 3. The third-order valence-corrected chi connectivity index (χ3v) is 9.49. The Bertz CT molecular complexity index is 2210. The van der Waals surface area contributed by atoms with Gasteiger partial charge in [0.15, 0.2) is 6.29 Å². The Labute approximate surface area is 319 Å². The lowest BCUT2D eigenvalue weighted by Crippen LogP contribution is -2.43. The van der Waals surface area contributed by atoms with E-state index in [1.165, 1.54) is 24.4 Å². The van der Waals surface area contributed by atoms with E-state index in [-0.39, 0.29) is 30.0 Å². The van der Waals surface area contributed by atoms with Gasteiger partial charge in [-0.15, -0.1) is 0 Å². The number of nitrogens with one attached hydrogen (secondary N) is 1. The number of likely N-dealkylation sites (N-methyl/N-ethyl adjacent to an activating group) is 1. The van der Waals surface area contributed by atoms with Gasteiger partial charge in [-0.1, -0.05) is 24.1 Å². The fourth-order valence-corrected chi connectivity index (χ4v) is 6.58. The zero-order chi connectivity index (χ0) is 38.5. The molecule has 55 heavy (non-hydrogen) atoms. The van der Waals surface area contributed by atoms with Crippen LogP contribution in [0.3, 0.4) is 0 Å². The maximum atomic E-state index is 15.5. The van der Waals surface area contributed by atoms with Gasteiger partial charge in [0.2, 0.25) is 5.95 Å². The van der Waals surface area contributed by atoms with Gasteiger partial charge in [0.05, 0.1) is 54.6 Å². The molecule has 0 radical (unpaired) electrons. The number of imidazole rings is 1. The van der Waals surface area contributed by atoms with Crippen LogP contribution in [0.15, 0.2) is 72.9 Å². The van der Waals surface area contributed by atoms with Crippen molar-refractivity contribution in [3.63, 3.8) is 0 Å². The van der Waals surface area contributed by atoms with Gasteiger partial charge in [-0.25, -0.2) is 14.4 Å². The number of halogens is 1. The molecule has 0 aliphatic carbocycles. The number of aromatic nitrogens is 3. The van der Waals surface area contributed by atoms with Crippen LogP contribution in [0.25, 0.3) is 11.0 Å². The Balaban J connectivity index is 1.13. The van der Waals surface area contributed by atoms with Crippen LogP contribution in [0.2, 0.25) is 0 Å². The fourth-order valence-electron chi connectivity index (χ4n) is 6.58. The minimum Gasteiger partial charge on any atom is -0.497 e. The first-order valence-corrected chi connectivity index (χ1v) is 18.3. The average Bonchev–Trinajstić information content (AvgIpc) is 3.82. The number of carbonyl (C=O) groups excluding carboxylic acids is 1. The van der Waals surface area contributed by atoms with Crippen molar-refractivity contribution in [2.45, 2.75) is 45.4 Å². The first-order chi connectivity index (χ1) is 26.5. The molecule has 0 bridgehead atoms. The molecule has 2 aliphatic heterocycles. The molecule has 3 aromatic carbocycles. The second kappa shape index (κ2) is 16.6. The molecule has 2 aromatic heterocycles. The summed E-state index contributed by atoms with van der Waals surface area (Å²) in [6.45, 7) is 9.35. The highest BCUT2D eigenvalue weighted by Crippen LogP contribution is 2.36. The van der Waals surface area contributed by atoms with Crippen LogP contribution in [0, 0.1) is 17.7 Å². The molecule has 286 valence electrons. The van der Waals surface area contributed by atoms with Gasteiger partial charge in [-0.2, -0.15) is 0 Å². The molecule has 12 nitrogen and oxygen atoms in total. The Kier molecular flexibility index (Phi) is 11.4. The summed E-state index contributed by atoms with van der Waals surface area (Å²) in [6.07, 6.45) is 0.597. The molecule has 2 aliphatic rings. The highest BCUT2D eigenvalue weighted by atomic mass is 19.1. The number of aliphatic hydroxyl groups is 1. The second-order valence-corrected chi connectivity index (χ2v) is 14.4. The number of fused-ring (bicyclic) bond motifs is 1. The van der Waals surface area contributed by atoms with Crippen molar-refractivity contribution >= 4 is 22.9 Å². The van der Waals surface area contributed by atoms with Crippen molar-refractivity contribution in [2.24, 2.45) is 0 Å². The smallest absolute Gasteiger partial charge is 0.258 e. The highest BCUT2D eigenvalue weighted by Gasteiger charge is 2.28. The number of methoxy groups -OCH3 is 1. The Morgan fingerprint density at radius 1 is 1.00 bits per heavy atom. The maximum absolute atomic E-state index is 15.5. The Morgan fingerprint density at radius 2 is 1.75 bits per heavy atom. The molecule has 1 amide bonds. The summed E-state index contributed by atoms with van der Waals surface area (Å²) < 4.78 is 40.2. The molecule has 4 heterocycles. The maximum Gasteiger partial charge on any atom is 0.258 e. The molecular formula is C42H45FN6O6. The molecule has 0 spiro atoms. The number of ether oxygens (including phenoxy) is 4. The van der Waals surface area contributed by atoms with Crippen molar-refractivity contribution in [1.29, 1.82) is 0 Å². The third kappa shape index (κ3) is 9.30. The normalized spacial score (nSPS) is 15.5. The summed E-state index contributed by atoms with van der Waals surface area (Å²) in [6, 6.07) is 19.5. The van der Waals surface area contributed by atoms with Crippen molar-refractivity contribution < 1.29 is 33.2 Å². The first-order valence-electron chi connectivity index (χ1n) is 18.3. The molecule has 2 N–H and O–H groups in total. The summed E-state index contributed by atoms with van der Waals surface area (Å²) in [5.41, 5.74) is 3.35. The minimum absolute atomic E-state index is 0.0445. The second-order valence-electron chi connectivity index (χ2n) is 14.4. The van der Waals surface area contributed by atoms with E-state index in [1.807, 2.05) is 34.9 Å². The van der Waals surface area contributed by atoms with Crippen molar-refractivity contribution in [1.82, 2.24) is 24.3 Å². The molecule has 0 atom stereocenters. The molecule has 2 saturated heterocycles. The van der Waals surface area contributed by atoms with E-state index in [0.29, 0.717) is 36.0 Å². The van der Waals surface area contributed by atoms with Crippen LogP contribution in [0.5, 0.6) is 11.5 Å². The number of anilines is 1. The van der Waals surface area contributed by atoms with Crippen molar-refractivity contribution in [2.75, 3.05) is 58.9 Å². The summed E-state index contributed by atoms with van der Waals surface area (Å²) in [5.74, 6) is 6.21. The van der Waals surface area contributed by atoms with Crippen molar-refractivity contribution in [3.8, 4) is 23.3 Å². The largest absolute Gasteiger partial charge is 0.497 e. The SMILES string of the molecule is COc1ccc(COc2ccc(F)c(C#Cc3cc(C(=O)Nc4nc5ccc(CN6CCN(C)CC6)cc5n4CC(C)(C)O)ccn3)c2C2OCCO2)cc1. The van der Waals surface area contributed by atoms with Crippen LogP contribution in [0.4, 0.5) is 10.3 Å². The average molecular weight is 749 g/mol. The molecule has 2 fully saturated rings. The van der Waals surface area contributed by atoms with Gasteiger partial charge in [-0.05, 0) is 86.5 Å². The zero-order valence-electron chi connectivity index (χ0n) is 31.5. The fraction of sp³-hybridized carbons (Fsp3) is 0.357. The van der Waals surface area contributed by atoms with Crippen LogP contribution in [0.1, 0.15) is 58.4 Å². The number of hydrogen-bond donors (Lipinski definition) is 2. The minimum atomic E-state index is -1.08. The number of carbonyl (C=O) groups is 1. The van der Waals surface area contributed by atoms with E-state index < -0.39 is 23.6 Å². The first kappa shape index (κ1) is 37.9. The standard InChI is InChI=1S/C42H45FN6O6/c1-42(2,51)27-49-36-23-29(25-48-19-17-47(3)18-20-48)7-13-35(36)45-41(49)46-39(50)30-15-16-44-31(24-30)8-11-33-34(43)12-14-37(38(33)40-53-21-22-54-40)55-26-28-5-9-32(52-4)10-6-28/h5-7,9-10,12-16,23-24,40,51H,17-22,25-27H2,1-4H3,(H,45,46,50). The lowest BCUT2D eigenvalue weighted by atomic mass is 10.0. The van der Waals surface area contributed by atoms with Crippen molar-refractivity contribution in [3.05, 3.63) is 112 Å². The molecular weight excluding hydrogens is 703 g/mol. The molecule has 0 saturated carbocycles. The van der Waals surface area contributed by atoms with Gasteiger partial charge in [-0.3, -0.25) is 15.0 Å². The van der Waals surface area contributed by atoms with Gasteiger partial charge in [0, 0.05) is 44.5 Å². The van der Waals surface area contributed by atoms with Gasteiger partial charge >= 0.3 is 0 Å². The topological polar surface area (TPSA) is 123 Å². The third-order valence-electron chi connectivity index (χ3n) is 9.49. The Hall–Kier alpha value is -5.36. The van der Waals surface area contributed by atoms with E-state index >= 15 is 4.39 Å². The highest BCUT2D eigenvalue weighted by molar-refractivity contribution is 6.04. The van der Waals surface area contributed by atoms with Gasteiger partial charge < -0.3 is 33.5 Å². The van der Waals surface area contributed by atoms with Crippen LogP contribution >= 0.6 is 0 Å². The predicted octanol–water partition coefficient (Wildman–Crippen LogP) is 5.37. The molecule has 5 aromatic rings. The van der Waals surface area contributed by atoms with E-state index in [1.54, 1.807) is 27.0 Å². The molecule has 0 unspecified atom stereocenters. The Morgan fingerprint density at radius 3 is 2.47 bits per heavy atom. The van der Waals surface area contributed by atoms with E-state index in [2.05, 4.69) is 51.1 Å². The monoisotopic (exact) mass is 748 g/mol. The summed E-state index contributed by atoms with van der Waals surface area (Å²) in [4.78, 5) is 27.5. The van der Waals surface area contributed by atoms with E-state index in [0.717, 1.165) is 55.1 Å². The van der Waals surface area contributed by atoms with Gasteiger partial charge in [0.1, 0.15) is 29.6 Å². The number of amides is 1. The van der Waals surface area contributed by atoms with E-state index in [4.69, 9.17) is 23.9 Å². The summed E-state index contributed by atoms with van der Waals surface area (Å²) in [5, 5.41) is 13.8. The lowest BCUT2D eigenvalue weighted by molar-refractivity contribution is -0.0462. The number of rotatable bonds is 11. The van der Waals surface area contributed by atoms with Crippen LogP contribution < -0.4 is 14.8 Å². The number of piperazine rings is 1. The quantitative estimate of drug-likeness (QED) is 0.171. The lowest BCUT2D eigenvalue weighted by Gasteiger charge is -2.32. The van der Waals surface area contributed by atoms with Crippen LogP contribution in [-0.4, -0.2) is 94.5 Å². The predicted molar refractivity (Wildman–Crippen MR) is 205 cm³/mol. The number of hydrogen-bond acceptors (Lipinski definition) is 10. The summed E-state index contributed by atoms with van der Waals surface area (Å²) >= 11 is 0. The summed E-state index contributed by atoms with van der Waals surface area (Å²) in [7, 11) is 3.74. The number of pyridine rings is 1. The zero-order valence-corrected chi connectivity index (χ0v) is 31.5. The van der Waals surface area contributed by atoms with Crippen LogP contribution in [-0.2, 0) is 29.2 Å². The van der Waals surface area contributed by atoms with Gasteiger partial charge in [0.25, 0.3) is 5.91 Å². The number of nitrogens with zero attached hydrogens (tertiary/aromatic N) is 5.